The van der Waals surface area contributed by atoms with Gasteiger partial charge in [0.2, 0.25) is 0 Å². The van der Waals surface area contributed by atoms with E-state index in [-0.39, 0.29) is 12.0 Å². The van der Waals surface area contributed by atoms with Crippen molar-refractivity contribution < 1.29 is 14.7 Å². The van der Waals surface area contributed by atoms with Crippen molar-refractivity contribution in [3.05, 3.63) is 22.4 Å². The van der Waals surface area contributed by atoms with Crippen LogP contribution in [0, 0.1) is 5.92 Å². The van der Waals surface area contributed by atoms with Crippen LogP contribution in [0.3, 0.4) is 0 Å². The Kier molecular flexibility index (Phi) is 5.82. The summed E-state index contributed by atoms with van der Waals surface area (Å²) in [5.41, 5.74) is 0. The summed E-state index contributed by atoms with van der Waals surface area (Å²) in [6.07, 6.45) is 0.741. The Morgan fingerprint density at radius 1 is 1.32 bits per heavy atom. The summed E-state index contributed by atoms with van der Waals surface area (Å²) < 4.78 is 0. The standard InChI is InChI=1S/C13H20N2O3S/c1-8(2)11(12(16)17)15-13(18)14-9(3)7-10-5-4-6-19-10/h4-6,8-9,11H,7H2,1-3H3,(H,16,17)(H2,14,15,18)/t9?,11-/m0/s1. The molecule has 1 unspecified atom stereocenters. The van der Waals surface area contributed by atoms with E-state index < -0.39 is 18.0 Å². The van der Waals surface area contributed by atoms with Gasteiger partial charge in [-0.05, 0) is 24.3 Å². The van der Waals surface area contributed by atoms with Crippen molar-refractivity contribution in [2.24, 2.45) is 5.92 Å². The molecule has 3 N–H and O–H groups in total. The van der Waals surface area contributed by atoms with Crippen LogP contribution in [0.2, 0.25) is 0 Å². The van der Waals surface area contributed by atoms with Crippen LogP contribution in [0.4, 0.5) is 4.79 Å². The highest BCUT2D eigenvalue weighted by Gasteiger charge is 2.23. The van der Waals surface area contributed by atoms with Gasteiger partial charge in [-0.15, -0.1) is 11.3 Å². The zero-order valence-corrected chi connectivity index (χ0v) is 12.2. The topological polar surface area (TPSA) is 78.4 Å². The number of carboxylic acids is 1. The SMILES string of the molecule is CC(Cc1cccs1)NC(=O)N[C@H](C(=O)O)C(C)C. The number of nitrogens with one attached hydrogen (secondary N) is 2. The van der Waals surface area contributed by atoms with E-state index in [0.717, 1.165) is 6.42 Å². The third-order valence-electron chi connectivity index (χ3n) is 2.68. The number of carbonyl (C=O) groups is 2. The molecule has 0 radical (unpaired) electrons. The van der Waals surface area contributed by atoms with Gasteiger partial charge in [0.05, 0.1) is 0 Å². The van der Waals surface area contributed by atoms with E-state index in [4.69, 9.17) is 5.11 Å². The summed E-state index contributed by atoms with van der Waals surface area (Å²) >= 11 is 1.64. The molecule has 0 aromatic carbocycles. The maximum Gasteiger partial charge on any atom is 0.326 e. The van der Waals surface area contributed by atoms with Crippen molar-refractivity contribution in [1.29, 1.82) is 0 Å². The van der Waals surface area contributed by atoms with E-state index in [1.54, 1.807) is 25.2 Å². The molecule has 0 saturated carbocycles. The average molecular weight is 284 g/mol. The lowest BCUT2D eigenvalue weighted by molar-refractivity contribution is -0.140. The molecule has 1 rings (SSSR count). The lowest BCUT2D eigenvalue weighted by Crippen LogP contribution is -2.50. The number of hydrogen-bond acceptors (Lipinski definition) is 3. The molecule has 0 aliphatic heterocycles. The first kappa shape index (κ1) is 15.5. The van der Waals surface area contributed by atoms with Gasteiger partial charge in [0.1, 0.15) is 6.04 Å². The predicted molar refractivity (Wildman–Crippen MR) is 75.4 cm³/mol. The second-order valence-corrected chi connectivity index (χ2v) is 5.89. The summed E-state index contributed by atoms with van der Waals surface area (Å²) in [4.78, 5) is 23.9. The van der Waals surface area contributed by atoms with E-state index in [9.17, 15) is 9.59 Å². The van der Waals surface area contributed by atoms with E-state index in [0.29, 0.717) is 0 Å². The number of thiophene rings is 1. The van der Waals surface area contributed by atoms with Crippen LogP contribution in [0.15, 0.2) is 17.5 Å². The van der Waals surface area contributed by atoms with Crippen LogP contribution >= 0.6 is 11.3 Å². The molecule has 19 heavy (non-hydrogen) atoms. The molecule has 0 saturated heterocycles. The Bertz CT molecular complexity index is 418. The highest BCUT2D eigenvalue weighted by atomic mass is 32.1. The van der Waals surface area contributed by atoms with Crippen LogP contribution in [0.5, 0.6) is 0 Å². The van der Waals surface area contributed by atoms with Crippen LogP contribution in [0.1, 0.15) is 25.6 Å². The smallest absolute Gasteiger partial charge is 0.326 e. The van der Waals surface area contributed by atoms with Crippen molar-refractivity contribution >= 4 is 23.3 Å². The number of rotatable bonds is 6. The summed E-state index contributed by atoms with van der Waals surface area (Å²) in [6.45, 7) is 5.41. The molecule has 2 amide bonds. The number of urea groups is 1. The number of aliphatic carboxylic acids is 1. The second kappa shape index (κ2) is 7.13. The summed E-state index contributed by atoms with van der Waals surface area (Å²) in [7, 11) is 0. The van der Waals surface area contributed by atoms with E-state index in [1.807, 2.05) is 24.4 Å². The molecule has 6 heteroatoms. The van der Waals surface area contributed by atoms with Crippen LogP contribution < -0.4 is 10.6 Å². The molecule has 0 spiro atoms. The summed E-state index contributed by atoms with van der Waals surface area (Å²) in [6, 6.07) is 2.63. The van der Waals surface area contributed by atoms with E-state index in [2.05, 4.69) is 10.6 Å². The van der Waals surface area contributed by atoms with Crippen molar-refractivity contribution in [2.75, 3.05) is 0 Å². The molecule has 106 valence electrons. The highest BCUT2D eigenvalue weighted by molar-refractivity contribution is 7.09. The first-order valence-electron chi connectivity index (χ1n) is 6.22. The zero-order valence-electron chi connectivity index (χ0n) is 11.3. The monoisotopic (exact) mass is 284 g/mol. The minimum Gasteiger partial charge on any atom is -0.480 e. The maximum atomic E-state index is 11.7. The van der Waals surface area contributed by atoms with Gasteiger partial charge in [0, 0.05) is 17.3 Å². The fraction of sp³-hybridized carbons (Fsp3) is 0.538. The molecule has 1 aromatic heterocycles. The van der Waals surface area contributed by atoms with Gasteiger partial charge in [-0.1, -0.05) is 19.9 Å². The van der Waals surface area contributed by atoms with Gasteiger partial charge in [0.25, 0.3) is 0 Å². The minimum absolute atomic E-state index is 0.0414. The predicted octanol–water partition coefficient (Wildman–Crippen LogP) is 2.09. The van der Waals surface area contributed by atoms with Gasteiger partial charge < -0.3 is 15.7 Å². The number of hydrogen-bond donors (Lipinski definition) is 3. The highest BCUT2D eigenvalue weighted by Crippen LogP contribution is 2.10. The molecular formula is C13H20N2O3S. The Labute approximate surface area is 117 Å². The fourth-order valence-electron chi connectivity index (χ4n) is 1.70. The second-order valence-electron chi connectivity index (χ2n) is 4.86. The fourth-order valence-corrected chi connectivity index (χ4v) is 2.54. The molecule has 0 aliphatic rings. The molecule has 0 aliphatic carbocycles. The van der Waals surface area contributed by atoms with Crippen molar-refractivity contribution in [1.82, 2.24) is 10.6 Å². The first-order chi connectivity index (χ1) is 8.90. The average Bonchev–Trinajstić information content (AvgIpc) is 2.77. The quantitative estimate of drug-likeness (QED) is 0.748. The van der Waals surface area contributed by atoms with Crippen molar-refractivity contribution in [2.45, 2.75) is 39.3 Å². The zero-order chi connectivity index (χ0) is 14.4. The van der Waals surface area contributed by atoms with E-state index in [1.165, 1.54) is 4.88 Å². The number of amides is 2. The largest absolute Gasteiger partial charge is 0.480 e. The minimum atomic E-state index is -1.02. The van der Waals surface area contributed by atoms with Gasteiger partial charge in [-0.3, -0.25) is 0 Å². The maximum absolute atomic E-state index is 11.7. The van der Waals surface area contributed by atoms with Crippen molar-refractivity contribution in [3.8, 4) is 0 Å². The lowest BCUT2D eigenvalue weighted by Gasteiger charge is -2.20. The number of carboxylic acid groups (broad SMARTS) is 1. The Hall–Kier alpha value is -1.56. The Morgan fingerprint density at radius 3 is 2.47 bits per heavy atom. The first-order valence-corrected chi connectivity index (χ1v) is 7.10. The van der Waals surface area contributed by atoms with Crippen LogP contribution in [0.25, 0.3) is 0 Å². The molecule has 2 atom stereocenters. The molecule has 0 bridgehead atoms. The van der Waals surface area contributed by atoms with Gasteiger partial charge >= 0.3 is 12.0 Å². The van der Waals surface area contributed by atoms with Crippen molar-refractivity contribution in [3.63, 3.8) is 0 Å². The molecule has 1 heterocycles. The number of carbonyl (C=O) groups excluding carboxylic acids is 1. The van der Waals surface area contributed by atoms with Crippen LogP contribution in [-0.2, 0) is 11.2 Å². The summed E-state index contributed by atoms with van der Waals surface area (Å²) in [5, 5.41) is 16.2. The summed E-state index contributed by atoms with van der Waals surface area (Å²) in [5.74, 6) is -1.17. The Morgan fingerprint density at radius 2 is 2.00 bits per heavy atom. The third kappa shape index (κ3) is 5.30. The molecule has 0 fully saturated rings. The normalized spacial score (nSPS) is 13.9. The molecule has 1 aromatic rings. The lowest BCUT2D eigenvalue weighted by atomic mass is 10.1. The molecular weight excluding hydrogens is 264 g/mol. The molecule has 5 nitrogen and oxygen atoms in total. The van der Waals surface area contributed by atoms with Gasteiger partial charge in [-0.2, -0.15) is 0 Å². The van der Waals surface area contributed by atoms with E-state index >= 15 is 0 Å². The van der Waals surface area contributed by atoms with Crippen LogP contribution in [-0.4, -0.2) is 29.2 Å². The van der Waals surface area contributed by atoms with Gasteiger partial charge in [0.15, 0.2) is 0 Å². The van der Waals surface area contributed by atoms with Gasteiger partial charge in [-0.25, -0.2) is 9.59 Å². The Balaban J connectivity index is 2.43. The third-order valence-corrected chi connectivity index (χ3v) is 3.58.